The van der Waals surface area contributed by atoms with Crippen LogP contribution >= 0.6 is 27.5 Å². The van der Waals surface area contributed by atoms with Crippen molar-refractivity contribution < 1.29 is 14.3 Å². The van der Waals surface area contributed by atoms with E-state index in [0.29, 0.717) is 32.7 Å². The van der Waals surface area contributed by atoms with Gasteiger partial charge in [0, 0.05) is 26.0 Å². The number of fused-ring (bicyclic) bond motifs is 1. The van der Waals surface area contributed by atoms with Gasteiger partial charge >= 0.3 is 5.97 Å². The molecule has 0 fully saturated rings. The molecule has 0 spiro atoms. The zero-order valence-corrected chi connectivity index (χ0v) is 18.9. The van der Waals surface area contributed by atoms with Crippen LogP contribution < -0.4 is 0 Å². The second-order valence-corrected chi connectivity index (χ2v) is 8.44. The Morgan fingerprint density at radius 3 is 2.39 bits per heavy atom. The number of esters is 1. The molecule has 0 radical (unpaired) electrons. The Morgan fingerprint density at radius 2 is 1.68 bits per heavy atom. The minimum atomic E-state index is -0.603. The largest absolute Gasteiger partial charge is 0.454 e. The molecule has 0 atom stereocenters. The number of Topliss-reactive ketones (excluding diaryl/α,β-unsaturated/α-hetero) is 1. The Kier molecular flexibility index (Phi) is 6.16. The van der Waals surface area contributed by atoms with Gasteiger partial charge in [-0.15, -0.1) is 0 Å². The van der Waals surface area contributed by atoms with Gasteiger partial charge in [0.15, 0.2) is 12.4 Å². The van der Waals surface area contributed by atoms with Crippen molar-refractivity contribution in [1.82, 2.24) is 4.98 Å². The zero-order chi connectivity index (χ0) is 22.0. The Morgan fingerprint density at radius 1 is 0.968 bits per heavy atom. The Balaban J connectivity index is 1.66. The molecule has 1 aromatic heterocycles. The van der Waals surface area contributed by atoms with Crippen LogP contribution in [0.4, 0.5) is 0 Å². The van der Waals surface area contributed by atoms with Crippen LogP contribution in [-0.4, -0.2) is 23.3 Å². The predicted octanol–water partition coefficient (Wildman–Crippen LogP) is 6.67. The molecule has 0 aliphatic carbocycles. The summed E-state index contributed by atoms with van der Waals surface area (Å²) in [5.74, 6) is -0.885. The summed E-state index contributed by atoms with van der Waals surface area (Å²) in [5.41, 5.74) is 4.05. The lowest BCUT2D eigenvalue weighted by Gasteiger charge is -2.11. The van der Waals surface area contributed by atoms with Gasteiger partial charge in [-0.1, -0.05) is 69.5 Å². The molecule has 154 valence electrons. The number of carbonyl (C=O) groups is 2. The normalized spacial score (nSPS) is 10.8. The van der Waals surface area contributed by atoms with Crippen LogP contribution in [0.2, 0.25) is 5.02 Å². The van der Waals surface area contributed by atoms with Crippen molar-refractivity contribution in [2.24, 2.45) is 0 Å². The molecular formula is C25H17BrClNO3. The van der Waals surface area contributed by atoms with Gasteiger partial charge in [-0.25, -0.2) is 9.78 Å². The lowest BCUT2D eigenvalue weighted by molar-refractivity contribution is 0.0476. The average Bonchev–Trinajstić information content (AvgIpc) is 2.77. The van der Waals surface area contributed by atoms with Crippen molar-refractivity contribution in [3.8, 4) is 11.3 Å². The molecule has 6 heteroatoms. The van der Waals surface area contributed by atoms with Gasteiger partial charge in [-0.2, -0.15) is 0 Å². The first kappa shape index (κ1) is 21.2. The predicted molar refractivity (Wildman–Crippen MR) is 126 cm³/mol. The summed E-state index contributed by atoms with van der Waals surface area (Å²) >= 11 is 9.48. The summed E-state index contributed by atoms with van der Waals surface area (Å²) < 4.78 is 6.23. The van der Waals surface area contributed by atoms with E-state index in [0.717, 1.165) is 15.6 Å². The smallest absolute Gasteiger partial charge is 0.339 e. The summed E-state index contributed by atoms with van der Waals surface area (Å²) in [6.45, 7) is 1.65. The number of benzene rings is 3. The molecule has 0 aliphatic rings. The van der Waals surface area contributed by atoms with E-state index in [9.17, 15) is 9.59 Å². The van der Waals surface area contributed by atoms with E-state index in [1.54, 1.807) is 48.5 Å². The molecule has 0 unspecified atom stereocenters. The topological polar surface area (TPSA) is 56.3 Å². The molecule has 0 aliphatic heterocycles. The molecule has 3 aromatic carbocycles. The highest BCUT2D eigenvalue weighted by Crippen LogP contribution is 2.28. The lowest BCUT2D eigenvalue weighted by atomic mass is 10.0. The molecule has 0 saturated carbocycles. The van der Waals surface area contributed by atoms with Crippen molar-refractivity contribution in [2.45, 2.75) is 6.92 Å². The third-order valence-electron chi connectivity index (χ3n) is 4.84. The number of hydrogen-bond donors (Lipinski definition) is 0. The highest BCUT2D eigenvalue weighted by Gasteiger charge is 2.17. The fourth-order valence-electron chi connectivity index (χ4n) is 3.17. The molecule has 4 rings (SSSR count). The maximum absolute atomic E-state index is 12.9. The highest BCUT2D eigenvalue weighted by atomic mass is 79.9. The van der Waals surface area contributed by atoms with Crippen LogP contribution in [0.1, 0.15) is 26.3 Å². The van der Waals surface area contributed by atoms with Gasteiger partial charge in [0.1, 0.15) is 0 Å². The van der Waals surface area contributed by atoms with Crippen molar-refractivity contribution in [3.05, 3.63) is 99.0 Å². The minimum Gasteiger partial charge on any atom is -0.454 e. The lowest BCUT2D eigenvalue weighted by Crippen LogP contribution is -2.15. The number of halogens is 2. The van der Waals surface area contributed by atoms with Gasteiger partial charge in [0.2, 0.25) is 0 Å². The first-order valence-electron chi connectivity index (χ1n) is 9.54. The standard InChI is InChI=1S/C25H17BrClNO3/c1-15-2-4-16(5-3-15)23-13-21(20-12-19(27)10-11-22(20)28-23)25(30)31-14-24(29)17-6-8-18(26)9-7-17/h2-13H,14H2,1H3. The maximum atomic E-state index is 12.9. The van der Waals surface area contributed by atoms with E-state index < -0.39 is 5.97 Å². The zero-order valence-electron chi connectivity index (χ0n) is 16.6. The summed E-state index contributed by atoms with van der Waals surface area (Å²) in [6.07, 6.45) is 0. The fraction of sp³-hybridized carbons (Fsp3) is 0.0800. The van der Waals surface area contributed by atoms with E-state index in [1.807, 2.05) is 31.2 Å². The number of pyridine rings is 1. The first-order valence-corrected chi connectivity index (χ1v) is 10.7. The highest BCUT2D eigenvalue weighted by molar-refractivity contribution is 9.10. The monoisotopic (exact) mass is 493 g/mol. The van der Waals surface area contributed by atoms with Crippen LogP contribution in [0, 0.1) is 6.92 Å². The molecule has 0 amide bonds. The van der Waals surface area contributed by atoms with Crippen molar-refractivity contribution in [1.29, 1.82) is 0 Å². The Labute approximate surface area is 193 Å². The number of aromatic nitrogens is 1. The summed E-state index contributed by atoms with van der Waals surface area (Å²) in [5, 5.41) is 1.06. The molecule has 4 aromatic rings. The first-order chi connectivity index (χ1) is 14.9. The van der Waals surface area contributed by atoms with Gasteiger partial charge < -0.3 is 4.74 Å². The van der Waals surface area contributed by atoms with Gasteiger partial charge in [0.25, 0.3) is 0 Å². The number of rotatable bonds is 5. The summed E-state index contributed by atoms with van der Waals surface area (Å²) in [7, 11) is 0. The molecule has 4 nitrogen and oxygen atoms in total. The molecule has 0 saturated heterocycles. The van der Waals surface area contributed by atoms with Gasteiger partial charge in [-0.05, 0) is 43.3 Å². The Bertz CT molecular complexity index is 1280. The number of aryl methyl sites for hydroxylation is 1. The van der Waals surface area contributed by atoms with Crippen LogP contribution in [0.25, 0.3) is 22.2 Å². The summed E-state index contributed by atoms with van der Waals surface area (Å²) in [6, 6.07) is 21.6. The van der Waals surface area contributed by atoms with E-state index in [4.69, 9.17) is 16.3 Å². The number of ketones is 1. The second kappa shape index (κ2) is 9.00. The molecule has 31 heavy (non-hydrogen) atoms. The average molecular weight is 495 g/mol. The minimum absolute atomic E-state index is 0.281. The molecular weight excluding hydrogens is 478 g/mol. The van der Waals surface area contributed by atoms with Gasteiger partial charge in [-0.3, -0.25) is 4.79 Å². The third kappa shape index (κ3) is 4.84. The van der Waals surface area contributed by atoms with Crippen molar-refractivity contribution in [2.75, 3.05) is 6.61 Å². The van der Waals surface area contributed by atoms with Crippen molar-refractivity contribution in [3.63, 3.8) is 0 Å². The number of ether oxygens (including phenoxy) is 1. The van der Waals surface area contributed by atoms with E-state index in [-0.39, 0.29) is 12.4 Å². The number of carbonyl (C=O) groups excluding carboxylic acids is 2. The van der Waals surface area contributed by atoms with Crippen molar-refractivity contribution >= 4 is 50.2 Å². The van der Waals surface area contributed by atoms with E-state index in [1.165, 1.54) is 0 Å². The van der Waals surface area contributed by atoms with Crippen LogP contribution in [0.15, 0.2) is 77.3 Å². The van der Waals surface area contributed by atoms with Crippen LogP contribution in [-0.2, 0) is 4.74 Å². The molecule has 1 heterocycles. The number of hydrogen-bond acceptors (Lipinski definition) is 4. The van der Waals surface area contributed by atoms with Crippen LogP contribution in [0.3, 0.4) is 0 Å². The maximum Gasteiger partial charge on any atom is 0.339 e. The SMILES string of the molecule is Cc1ccc(-c2cc(C(=O)OCC(=O)c3ccc(Br)cc3)c3cc(Cl)ccc3n2)cc1. The third-order valence-corrected chi connectivity index (χ3v) is 5.60. The quantitative estimate of drug-likeness (QED) is 0.230. The molecule has 0 N–H and O–H groups in total. The van der Waals surface area contributed by atoms with Crippen LogP contribution in [0.5, 0.6) is 0 Å². The molecule has 0 bridgehead atoms. The second-order valence-electron chi connectivity index (χ2n) is 7.09. The fourth-order valence-corrected chi connectivity index (χ4v) is 3.60. The number of nitrogens with zero attached hydrogens (tertiary/aromatic N) is 1. The Hall–Kier alpha value is -3.02. The summed E-state index contributed by atoms with van der Waals surface area (Å²) in [4.78, 5) is 30.0. The van der Waals surface area contributed by atoms with E-state index in [2.05, 4.69) is 20.9 Å². The van der Waals surface area contributed by atoms with E-state index >= 15 is 0 Å². The van der Waals surface area contributed by atoms with Gasteiger partial charge in [0.05, 0.1) is 16.8 Å².